The third-order valence-electron chi connectivity index (χ3n) is 13.7. The molecular formula is C67H118O6. The number of rotatable bonds is 57. The van der Waals surface area contributed by atoms with Crippen molar-refractivity contribution in [2.75, 3.05) is 13.2 Å². The number of carbonyl (C=O) groups excluding carboxylic acids is 3. The molecule has 6 nitrogen and oxygen atoms in total. The van der Waals surface area contributed by atoms with Crippen molar-refractivity contribution in [2.45, 2.75) is 322 Å². The predicted octanol–water partition coefficient (Wildman–Crippen LogP) is 21.3. The van der Waals surface area contributed by atoms with Crippen molar-refractivity contribution in [1.29, 1.82) is 0 Å². The molecular weight excluding hydrogens is 901 g/mol. The molecule has 0 bridgehead atoms. The summed E-state index contributed by atoms with van der Waals surface area (Å²) < 4.78 is 16.8. The molecule has 0 aliphatic carbocycles. The largest absolute Gasteiger partial charge is 0.462 e. The smallest absolute Gasteiger partial charge is 0.306 e. The third-order valence-corrected chi connectivity index (χ3v) is 13.7. The highest BCUT2D eigenvalue weighted by atomic mass is 16.6. The van der Waals surface area contributed by atoms with Crippen LogP contribution in [0.2, 0.25) is 0 Å². The Labute approximate surface area is 453 Å². The number of hydrogen-bond donors (Lipinski definition) is 0. The van der Waals surface area contributed by atoms with E-state index in [1.807, 2.05) is 0 Å². The van der Waals surface area contributed by atoms with Crippen LogP contribution in [-0.4, -0.2) is 37.2 Å². The standard InChI is InChI=1S/C67H118O6/c1-4-7-10-13-16-19-22-25-28-31-32-33-34-37-40-43-46-49-52-55-58-61-67(70)73-64(62-71-65(68)59-56-53-50-47-44-41-38-35-29-26-23-20-17-14-11-8-5-2)63-72-66(69)60-57-54-51-48-45-42-39-36-30-27-24-21-18-15-12-9-6-3/h26-27,29-30,38-39,41-42,47-48,50-51,64H,4-25,28,31-37,40,43-46,49,52-63H2,1-3H3/b29-26-,30-27-,41-38-,42-39-,50-47-,51-48-. The molecule has 73 heavy (non-hydrogen) atoms. The van der Waals surface area contributed by atoms with Crippen LogP contribution in [0.1, 0.15) is 316 Å². The first-order valence-corrected chi connectivity index (χ1v) is 31.4. The second kappa shape index (κ2) is 61.4. The second-order valence-corrected chi connectivity index (χ2v) is 21.0. The molecule has 0 spiro atoms. The lowest BCUT2D eigenvalue weighted by atomic mass is 10.0. The molecule has 0 saturated heterocycles. The van der Waals surface area contributed by atoms with Crippen LogP contribution in [0, 0.1) is 0 Å². The molecule has 422 valence electrons. The molecule has 0 heterocycles. The highest BCUT2D eigenvalue weighted by molar-refractivity contribution is 5.71. The molecule has 0 unspecified atom stereocenters. The van der Waals surface area contributed by atoms with E-state index in [1.165, 1.54) is 205 Å². The summed E-state index contributed by atoms with van der Waals surface area (Å²) in [6, 6.07) is 0. The molecule has 0 aromatic carbocycles. The van der Waals surface area contributed by atoms with E-state index < -0.39 is 6.10 Å². The van der Waals surface area contributed by atoms with Crippen LogP contribution < -0.4 is 0 Å². The van der Waals surface area contributed by atoms with E-state index in [9.17, 15) is 14.4 Å². The van der Waals surface area contributed by atoms with Crippen LogP contribution in [0.5, 0.6) is 0 Å². The summed E-state index contributed by atoms with van der Waals surface area (Å²) in [4.78, 5) is 38.2. The molecule has 0 atom stereocenters. The third kappa shape index (κ3) is 59.6. The summed E-state index contributed by atoms with van der Waals surface area (Å²) in [7, 11) is 0. The minimum Gasteiger partial charge on any atom is -0.462 e. The zero-order chi connectivity index (χ0) is 52.9. The summed E-state index contributed by atoms with van der Waals surface area (Å²) in [6.07, 6.45) is 79.2. The Morgan fingerprint density at radius 2 is 0.507 bits per heavy atom. The van der Waals surface area contributed by atoms with Gasteiger partial charge >= 0.3 is 17.9 Å². The quantitative estimate of drug-likeness (QED) is 0.0261. The average Bonchev–Trinajstić information content (AvgIpc) is 3.39. The highest BCUT2D eigenvalue weighted by Crippen LogP contribution is 2.17. The maximum absolute atomic E-state index is 12.9. The topological polar surface area (TPSA) is 78.9 Å². The molecule has 0 saturated carbocycles. The lowest BCUT2D eigenvalue weighted by molar-refractivity contribution is -0.167. The Bertz CT molecular complexity index is 1280. The van der Waals surface area contributed by atoms with Crippen molar-refractivity contribution in [3.63, 3.8) is 0 Å². The number of allylic oxidation sites excluding steroid dienone is 12. The molecule has 6 heteroatoms. The lowest BCUT2D eigenvalue weighted by Gasteiger charge is -2.18. The van der Waals surface area contributed by atoms with Crippen molar-refractivity contribution in [3.8, 4) is 0 Å². The van der Waals surface area contributed by atoms with Gasteiger partial charge < -0.3 is 14.2 Å². The predicted molar refractivity (Wildman–Crippen MR) is 316 cm³/mol. The molecule has 0 aromatic heterocycles. The van der Waals surface area contributed by atoms with E-state index in [2.05, 4.69) is 93.7 Å². The Morgan fingerprint density at radius 1 is 0.274 bits per heavy atom. The Hall–Kier alpha value is -3.15. The van der Waals surface area contributed by atoms with Crippen LogP contribution in [0.25, 0.3) is 0 Å². The van der Waals surface area contributed by atoms with Crippen LogP contribution in [-0.2, 0) is 28.6 Å². The normalized spacial score (nSPS) is 12.2. The number of unbranched alkanes of at least 4 members (excludes halogenated alkanes) is 34. The van der Waals surface area contributed by atoms with Gasteiger partial charge in [0.1, 0.15) is 13.2 Å². The van der Waals surface area contributed by atoms with E-state index in [1.54, 1.807) is 0 Å². The first kappa shape index (κ1) is 69.8. The summed E-state index contributed by atoms with van der Waals surface area (Å²) >= 11 is 0. The monoisotopic (exact) mass is 1020 g/mol. The number of ether oxygens (including phenoxy) is 3. The van der Waals surface area contributed by atoms with Gasteiger partial charge in [0.05, 0.1) is 0 Å². The van der Waals surface area contributed by atoms with E-state index >= 15 is 0 Å². The lowest BCUT2D eigenvalue weighted by Crippen LogP contribution is -2.30. The maximum Gasteiger partial charge on any atom is 0.306 e. The van der Waals surface area contributed by atoms with Crippen LogP contribution in [0.3, 0.4) is 0 Å². The fourth-order valence-electron chi connectivity index (χ4n) is 8.95. The molecule has 0 radical (unpaired) electrons. The van der Waals surface area contributed by atoms with Gasteiger partial charge in [0.25, 0.3) is 0 Å². The second-order valence-electron chi connectivity index (χ2n) is 21.0. The van der Waals surface area contributed by atoms with Crippen LogP contribution in [0.15, 0.2) is 72.9 Å². The fourth-order valence-corrected chi connectivity index (χ4v) is 8.95. The van der Waals surface area contributed by atoms with Crippen molar-refractivity contribution in [2.24, 2.45) is 0 Å². The number of carbonyl (C=O) groups is 3. The van der Waals surface area contributed by atoms with E-state index in [0.29, 0.717) is 19.3 Å². The Balaban J connectivity index is 4.46. The molecule has 0 aliphatic heterocycles. The summed E-state index contributed by atoms with van der Waals surface area (Å²) in [5.41, 5.74) is 0. The van der Waals surface area contributed by atoms with Crippen molar-refractivity contribution in [3.05, 3.63) is 72.9 Å². The van der Waals surface area contributed by atoms with Gasteiger partial charge in [-0.05, 0) is 83.5 Å². The molecule has 0 N–H and O–H groups in total. The van der Waals surface area contributed by atoms with Gasteiger partial charge in [-0.3, -0.25) is 14.4 Å². The van der Waals surface area contributed by atoms with Gasteiger partial charge in [-0.25, -0.2) is 0 Å². The summed E-state index contributed by atoms with van der Waals surface area (Å²) in [5, 5.41) is 0. The maximum atomic E-state index is 12.9. The van der Waals surface area contributed by atoms with E-state index in [-0.39, 0.29) is 44.0 Å². The molecule has 0 rings (SSSR count). The average molecular weight is 1020 g/mol. The first-order chi connectivity index (χ1) is 36.0. The van der Waals surface area contributed by atoms with Crippen molar-refractivity contribution < 1.29 is 28.6 Å². The minimum absolute atomic E-state index is 0.115. The zero-order valence-electron chi connectivity index (χ0n) is 48.4. The molecule has 0 fully saturated rings. The van der Waals surface area contributed by atoms with Gasteiger partial charge in [0.2, 0.25) is 0 Å². The minimum atomic E-state index is -0.815. The Morgan fingerprint density at radius 3 is 0.808 bits per heavy atom. The van der Waals surface area contributed by atoms with Crippen molar-refractivity contribution >= 4 is 17.9 Å². The highest BCUT2D eigenvalue weighted by Gasteiger charge is 2.19. The SMILES string of the molecule is CCCCCCCC/C=C\C/C=C\C/C=C\CCCC(=O)OCC(COC(=O)CCC/C=C\C/C=C\C/C=C\CCCCCCCC)OC(=O)CCCCCCCCCCCCCCCCCCCCCCC. The van der Waals surface area contributed by atoms with Gasteiger partial charge in [-0.2, -0.15) is 0 Å². The van der Waals surface area contributed by atoms with Crippen molar-refractivity contribution in [1.82, 2.24) is 0 Å². The van der Waals surface area contributed by atoms with Gasteiger partial charge in [0.15, 0.2) is 6.10 Å². The molecule has 0 aliphatic rings. The zero-order valence-corrected chi connectivity index (χ0v) is 48.4. The fraction of sp³-hybridized carbons (Fsp3) is 0.776. The Kier molecular flexibility index (Phi) is 58.7. The summed E-state index contributed by atoms with van der Waals surface area (Å²) in [6.45, 7) is 6.58. The first-order valence-electron chi connectivity index (χ1n) is 31.4. The van der Waals surface area contributed by atoms with Gasteiger partial charge in [-0.15, -0.1) is 0 Å². The number of esters is 3. The molecule has 0 aromatic rings. The summed E-state index contributed by atoms with van der Waals surface area (Å²) in [5.74, 6) is -1.000. The molecule has 0 amide bonds. The van der Waals surface area contributed by atoms with E-state index in [0.717, 1.165) is 57.8 Å². The van der Waals surface area contributed by atoms with E-state index in [4.69, 9.17) is 14.2 Å². The number of hydrogen-bond acceptors (Lipinski definition) is 6. The van der Waals surface area contributed by atoms with Gasteiger partial charge in [-0.1, -0.05) is 286 Å². The van der Waals surface area contributed by atoms with Crippen LogP contribution in [0.4, 0.5) is 0 Å². The van der Waals surface area contributed by atoms with Gasteiger partial charge in [0, 0.05) is 19.3 Å². The van der Waals surface area contributed by atoms with Crippen LogP contribution >= 0.6 is 0 Å².